The van der Waals surface area contributed by atoms with Gasteiger partial charge >= 0.3 is 0 Å². The minimum atomic E-state index is 0.790. The Morgan fingerprint density at radius 2 is 1.61 bits per heavy atom. The first-order valence-corrected chi connectivity index (χ1v) is 5.64. The Morgan fingerprint density at radius 1 is 0.944 bits per heavy atom. The van der Waals surface area contributed by atoms with E-state index in [4.69, 9.17) is 4.74 Å². The van der Waals surface area contributed by atoms with Gasteiger partial charge in [-0.1, -0.05) is 23.4 Å². The van der Waals surface area contributed by atoms with E-state index >= 15 is 0 Å². The normalized spacial score (nSPS) is 10.6. The van der Waals surface area contributed by atoms with Gasteiger partial charge in [-0.2, -0.15) is 0 Å². The van der Waals surface area contributed by atoms with Gasteiger partial charge in [0.1, 0.15) is 5.75 Å². The molecule has 0 radical (unpaired) electrons. The molecule has 0 atom stereocenters. The third kappa shape index (κ3) is 3.07. The van der Waals surface area contributed by atoms with E-state index in [2.05, 4.69) is 10.3 Å². The molecule has 0 fully saturated rings. The zero-order valence-electron chi connectivity index (χ0n) is 10.4. The molecule has 0 aliphatic carbocycles. The molecule has 92 valence electrons. The first-order valence-electron chi connectivity index (χ1n) is 5.64. The quantitative estimate of drug-likeness (QED) is 0.602. The Morgan fingerprint density at radius 3 is 2.22 bits per heavy atom. The van der Waals surface area contributed by atoms with Crippen molar-refractivity contribution in [3.05, 3.63) is 54.6 Å². The molecule has 4 heteroatoms. The Hall–Kier alpha value is -2.36. The summed E-state index contributed by atoms with van der Waals surface area (Å²) in [5, 5.41) is 10.0. The highest BCUT2D eigenvalue weighted by molar-refractivity contribution is 5.44. The number of benzene rings is 2. The Kier molecular flexibility index (Phi) is 3.91. The smallest absolute Gasteiger partial charge is 0.119 e. The summed E-state index contributed by atoms with van der Waals surface area (Å²) in [5.74, 6) is 0.811. The fourth-order valence-corrected chi connectivity index (χ4v) is 1.46. The van der Waals surface area contributed by atoms with Crippen LogP contribution in [0, 0.1) is 0 Å². The summed E-state index contributed by atoms with van der Waals surface area (Å²) in [6, 6.07) is 17.3. The molecule has 2 aromatic rings. The number of hydrogen-bond acceptors (Lipinski definition) is 3. The number of nitrogens with zero attached hydrogens (tertiary/aromatic N) is 3. The van der Waals surface area contributed by atoms with Crippen LogP contribution in [-0.4, -0.2) is 14.2 Å². The molecule has 4 nitrogen and oxygen atoms in total. The lowest BCUT2D eigenvalue weighted by Gasteiger charge is -2.10. The number of ether oxygens (including phenoxy) is 1. The van der Waals surface area contributed by atoms with Crippen molar-refractivity contribution in [2.24, 2.45) is 10.3 Å². The van der Waals surface area contributed by atoms with Crippen molar-refractivity contribution in [2.75, 3.05) is 19.2 Å². The van der Waals surface area contributed by atoms with Gasteiger partial charge in [0.2, 0.25) is 0 Å². The molecule has 0 unspecified atom stereocenters. The summed E-state index contributed by atoms with van der Waals surface area (Å²) in [4.78, 5) is 0. The van der Waals surface area contributed by atoms with Gasteiger partial charge < -0.3 is 4.74 Å². The standard InChI is InChI=1S/C14H15N3O/c1-17(13-6-4-3-5-7-13)16-15-12-8-10-14(18-2)11-9-12/h3-11H,1-2H3. The van der Waals surface area contributed by atoms with E-state index < -0.39 is 0 Å². The Bertz CT molecular complexity index is 508. The van der Waals surface area contributed by atoms with Crippen molar-refractivity contribution in [3.8, 4) is 5.75 Å². The lowest BCUT2D eigenvalue weighted by Crippen LogP contribution is -2.06. The molecule has 0 N–H and O–H groups in total. The molecule has 0 amide bonds. The van der Waals surface area contributed by atoms with Gasteiger partial charge in [-0.3, -0.25) is 0 Å². The second-order valence-electron chi connectivity index (χ2n) is 3.75. The zero-order valence-corrected chi connectivity index (χ0v) is 10.4. The van der Waals surface area contributed by atoms with Gasteiger partial charge in [0.25, 0.3) is 0 Å². The maximum atomic E-state index is 5.08. The average Bonchev–Trinajstić information content (AvgIpc) is 2.46. The summed E-state index contributed by atoms with van der Waals surface area (Å²) in [5.41, 5.74) is 1.79. The fraction of sp³-hybridized carbons (Fsp3) is 0.143. The topological polar surface area (TPSA) is 37.2 Å². The van der Waals surface area contributed by atoms with Crippen molar-refractivity contribution >= 4 is 11.4 Å². The van der Waals surface area contributed by atoms with E-state index in [1.807, 2.05) is 61.6 Å². The molecule has 0 heterocycles. The third-order valence-corrected chi connectivity index (χ3v) is 2.50. The molecule has 0 aromatic heterocycles. The number of hydrogen-bond donors (Lipinski definition) is 0. The maximum Gasteiger partial charge on any atom is 0.119 e. The molecule has 0 saturated carbocycles. The van der Waals surface area contributed by atoms with Crippen LogP contribution >= 0.6 is 0 Å². The van der Waals surface area contributed by atoms with Gasteiger partial charge in [-0.25, -0.2) is 5.01 Å². The predicted molar refractivity (Wildman–Crippen MR) is 72.4 cm³/mol. The molecule has 2 aromatic carbocycles. The minimum absolute atomic E-state index is 0.790. The molecule has 2 rings (SSSR count). The van der Waals surface area contributed by atoms with E-state index in [1.165, 1.54) is 0 Å². The Balaban J connectivity index is 2.06. The monoisotopic (exact) mass is 241 g/mol. The third-order valence-electron chi connectivity index (χ3n) is 2.50. The van der Waals surface area contributed by atoms with Gasteiger partial charge in [0.15, 0.2) is 0 Å². The first-order chi connectivity index (χ1) is 8.79. The second kappa shape index (κ2) is 5.82. The highest BCUT2D eigenvalue weighted by Gasteiger charge is 1.97. The van der Waals surface area contributed by atoms with Crippen LogP contribution in [0.5, 0.6) is 5.75 Å². The van der Waals surface area contributed by atoms with Crippen LogP contribution in [0.1, 0.15) is 0 Å². The van der Waals surface area contributed by atoms with Crippen molar-refractivity contribution in [1.29, 1.82) is 0 Å². The average molecular weight is 241 g/mol. The lowest BCUT2D eigenvalue weighted by molar-refractivity contribution is 0.415. The van der Waals surface area contributed by atoms with E-state index in [0.29, 0.717) is 0 Å². The predicted octanol–water partition coefficient (Wildman–Crippen LogP) is 3.83. The first kappa shape index (κ1) is 12.1. The van der Waals surface area contributed by atoms with Crippen molar-refractivity contribution in [3.63, 3.8) is 0 Å². The molecule has 0 spiro atoms. The zero-order chi connectivity index (χ0) is 12.8. The van der Waals surface area contributed by atoms with Crippen LogP contribution in [0.2, 0.25) is 0 Å². The molecule has 0 saturated heterocycles. The highest BCUT2D eigenvalue weighted by Crippen LogP contribution is 2.19. The van der Waals surface area contributed by atoms with E-state index in [1.54, 1.807) is 12.1 Å². The van der Waals surface area contributed by atoms with Crippen LogP contribution in [0.15, 0.2) is 64.9 Å². The van der Waals surface area contributed by atoms with Gasteiger partial charge in [0.05, 0.1) is 18.5 Å². The SMILES string of the molecule is COc1ccc(N=NN(C)c2ccccc2)cc1. The summed E-state index contributed by atoms with van der Waals surface area (Å²) >= 11 is 0. The van der Waals surface area contributed by atoms with Crippen molar-refractivity contribution in [1.82, 2.24) is 0 Å². The molecule has 0 aliphatic rings. The minimum Gasteiger partial charge on any atom is -0.497 e. The van der Waals surface area contributed by atoms with Crippen molar-refractivity contribution in [2.45, 2.75) is 0 Å². The fourth-order valence-electron chi connectivity index (χ4n) is 1.46. The van der Waals surface area contributed by atoms with Crippen LogP contribution in [-0.2, 0) is 0 Å². The number of rotatable bonds is 4. The summed E-state index contributed by atoms with van der Waals surface area (Å²) in [7, 11) is 3.50. The highest BCUT2D eigenvalue weighted by atomic mass is 16.5. The van der Waals surface area contributed by atoms with Crippen LogP contribution in [0.25, 0.3) is 0 Å². The van der Waals surface area contributed by atoms with Crippen LogP contribution in [0.3, 0.4) is 0 Å². The van der Waals surface area contributed by atoms with E-state index in [-0.39, 0.29) is 0 Å². The lowest BCUT2D eigenvalue weighted by atomic mass is 10.3. The molecule has 0 bridgehead atoms. The summed E-state index contributed by atoms with van der Waals surface area (Å²) in [6.45, 7) is 0. The maximum absolute atomic E-state index is 5.08. The van der Waals surface area contributed by atoms with E-state index in [0.717, 1.165) is 17.1 Å². The van der Waals surface area contributed by atoms with E-state index in [9.17, 15) is 0 Å². The molecule has 18 heavy (non-hydrogen) atoms. The number of anilines is 1. The largest absolute Gasteiger partial charge is 0.497 e. The molecular formula is C14H15N3O. The van der Waals surface area contributed by atoms with Gasteiger partial charge in [-0.05, 0) is 36.4 Å². The van der Waals surface area contributed by atoms with Gasteiger partial charge in [0, 0.05) is 7.05 Å². The summed E-state index contributed by atoms with van der Waals surface area (Å²) < 4.78 is 5.08. The van der Waals surface area contributed by atoms with Crippen LogP contribution < -0.4 is 9.75 Å². The van der Waals surface area contributed by atoms with Crippen molar-refractivity contribution < 1.29 is 4.74 Å². The van der Waals surface area contributed by atoms with Gasteiger partial charge in [-0.15, -0.1) is 5.11 Å². The molecule has 0 aliphatic heterocycles. The summed E-state index contributed by atoms with van der Waals surface area (Å²) in [6.07, 6.45) is 0. The second-order valence-corrected chi connectivity index (χ2v) is 3.75. The Labute approximate surface area is 107 Å². The number of methoxy groups -OCH3 is 1. The van der Waals surface area contributed by atoms with Crippen LogP contribution in [0.4, 0.5) is 11.4 Å². The molecular weight excluding hydrogens is 226 g/mol. The number of para-hydroxylation sites is 1.